The molecule has 0 spiro atoms. The number of ketones is 1. The standard InChI is InChI=1S/C28H34ClN3O5/c1-5-36-23-12-10-20(11-13-23)24(33)17-30-14-7-15-32-26(21-8-6-9-22(29)16-21)25(19(4)31-28(32)35)27(34)37-18(2)3/h6,8-13,16,18,25-26,30H,5,7,14-15,17H2,1-4H3. The van der Waals surface area contributed by atoms with Gasteiger partial charge < -0.3 is 19.7 Å². The number of aliphatic imine (C=N–C) groups is 1. The van der Waals surface area contributed by atoms with Crippen LogP contribution in [0.3, 0.4) is 0 Å². The number of hydrogen-bond acceptors (Lipinski definition) is 6. The van der Waals surface area contributed by atoms with Crippen LogP contribution < -0.4 is 10.1 Å². The van der Waals surface area contributed by atoms with E-state index in [1.807, 2.05) is 13.0 Å². The zero-order valence-corrected chi connectivity index (χ0v) is 22.5. The third kappa shape index (κ3) is 7.63. The molecule has 1 N–H and O–H groups in total. The molecular weight excluding hydrogens is 494 g/mol. The van der Waals surface area contributed by atoms with Crippen molar-refractivity contribution in [1.29, 1.82) is 0 Å². The van der Waals surface area contributed by atoms with Gasteiger partial charge in [-0.15, -0.1) is 0 Å². The van der Waals surface area contributed by atoms with Gasteiger partial charge in [0.15, 0.2) is 5.78 Å². The van der Waals surface area contributed by atoms with Gasteiger partial charge in [0.05, 0.1) is 25.3 Å². The van der Waals surface area contributed by atoms with Crippen LogP contribution in [0.1, 0.15) is 56.1 Å². The molecule has 2 amide bonds. The van der Waals surface area contributed by atoms with Crippen LogP contribution in [0.2, 0.25) is 5.02 Å². The number of nitrogens with zero attached hydrogens (tertiary/aromatic N) is 2. The fraction of sp³-hybridized carbons (Fsp3) is 0.429. The topological polar surface area (TPSA) is 97.3 Å². The molecule has 0 saturated carbocycles. The average molecular weight is 528 g/mol. The first-order chi connectivity index (χ1) is 17.7. The number of ether oxygens (including phenoxy) is 2. The van der Waals surface area contributed by atoms with Gasteiger partial charge in [0.1, 0.15) is 11.7 Å². The second-order valence-corrected chi connectivity index (χ2v) is 9.54. The Balaban J connectivity index is 1.66. The molecule has 2 atom stereocenters. The van der Waals surface area contributed by atoms with Gasteiger partial charge in [-0.25, -0.2) is 9.79 Å². The average Bonchev–Trinajstić information content (AvgIpc) is 2.84. The molecule has 0 fully saturated rings. The number of benzene rings is 2. The van der Waals surface area contributed by atoms with Crippen LogP contribution in [0.25, 0.3) is 0 Å². The Labute approximate surface area is 223 Å². The predicted molar refractivity (Wildman–Crippen MR) is 144 cm³/mol. The van der Waals surface area contributed by atoms with E-state index in [9.17, 15) is 14.4 Å². The molecule has 0 bridgehead atoms. The lowest BCUT2D eigenvalue weighted by Gasteiger charge is -2.39. The molecule has 1 heterocycles. The number of carbonyl (C=O) groups excluding carboxylic acids is 3. The van der Waals surface area contributed by atoms with Gasteiger partial charge in [0, 0.05) is 22.8 Å². The fourth-order valence-electron chi connectivity index (χ4n) is 4.30. The van der Waals surface area contributed by atoms with Crippen LogP contribution in [0.5, 0.6) is 5.75 Å². The lowest BCUT2D eigenvalue weighted by Crippen LogP contribution is -2.48. The van der Waals surface area contributed by atoms with Gasteiger partial charge in [-0.1, -0.05) is 23.7 Å². The van der Waals surface area contributed by atoms with Crippen molar-refractivity contribution in [2.75, 3.05) is 26.2 Å². The first kappa shape index (κ1) is 28.3. The van der Waals surface area contributed by atoms with E-state index in [4.69, 9.17) is 21.1 Å². The number of urea groups is 1. The third-order valence-electron chi connectivity index (χ3n) is 5.94. The summed E-state index contributed by atoms with van der Waals surface area (Å²) in [6.07, 6.45) is 0.253. The number of nitrogens with one attached hydrogen (secondary N) is 1. The summed E-state index contributed by atoms with van der Waals surface area (Å²) >= 11 is 6.25. The van der Waals surface area contributed by atoms with Crippen molar-refractivity contribution < 1.29 is 23.9 Å². The summed E-state index contributed by atoms with van der Waals surface area (Å²) in [6, 6.07) is 13.2. The molecule has 2 aromatic rings. The number of amides is 2. The van der Waals surface area contributed by atoms with E-state index in [0.29, 0.717) is 42.4 Å². The maximum Gasteiger partial charge on any atom is 0.344 e. The van der Waals surface area contributed by atoms with Gasteiger partial charge in [-0.3, -0.25) is 9.59 Å². The largest absolute Gasteiger partial charge is 0.494 e. The Hall–Kier alpha value is -3.23. The summed E-state index contributed by atoms with van der Waals surface area (Å²) < 4.78 is 10.9. The summed E-state index contributed by atoms with van der Waals surface area (Å²) in [7, 11) is 0. The third-order valence-corrected chi connectivity index (χ3v) is 6.18. The van der Waals surface area contributed by atoms with E-state index in [2.05, 4.69) is 10.3 Å². The maximum atomic E-state index is 13.1. The zero-order chi connectivity index (χ0) is 26.9. The Morgan fingerprint density at radius 3 is 2.54 bits per heavy atom. The molecule has 0 radical (unpaired) electrons. The molecule has 2 aromatic carbocycles. The Morgan fingerprint density at radius 1 is 1.16 bits per heavy atom. The van der Waals surface area contributed by atoms with Gasteiger partial charge in [-0.2, -0.15) is 0 Å². The molecule has 198 valence electrons. The molecule has 1 aliphatic rings. The number of hydrogen-bond donors (Lipinski definition) is 1. The predicted octanol–water partition coefficient (Wildman–Crippen LogP) is 5.11. The molecule has 37 heavy (non-hydrogen) atoms. The molecule has 0 aliphatic carbocycles. The molecule has 0 saturated heterocycles. The highest BCUT2D eigenvalue weighted by Crippen LogP contribution is 2.36. The summed E-state index contributed by atoms with van der Waals surface area (Å²) in [5.41, 5.74) is 1.75. The highest BCUT2D eigenvalue weighted by Gasteiger charge is 2.43. The van der Waals surface area contributed by atoms with Crippen LogP contribution in [0.4, 0.5) is 4.79 Å². The van der Waals surface area contributed by atoms with E-state index >= 15 is 0 Å². The molecule has 3 rings (SSSR count). The normalized spacial score (nSPS) is 17.5. The maximum absolute atomic E-state index is 13.1. The first-order valence-electron chi connectivity index (χ1n) is 12.5. The Morgan fingerprint density at radius 2 is 1.89 bits per heavy atom. The van der Waals surface area contributed by atoms with Crippen LogP contribution in [0.15, 0.2) is 53.5 Å². The van der Waals surface area contributed by atoms with Gasteiger partial charge in [0.25, 0.3) is 0 Å². The monoisotopic (exact) mass is 527 g/mol. The zero-order valence-electron chi connectivity index (χ0n) is 21.7. The van der Waals surface area contributed by atoms with E-state index in [1.165, 1.54) is 0 Å². The molecule has 9 heteroatoms. The number of Topliss-reactive ketones (excluding diaryl/α,β-unsaturated/α-hetero) is 1. The second-order valence-electron chi connectivity index (χ2n) is 9.10. The molecule has 0 aromatic heterocycles. The summed E-state index contributed by atoms with van der Waals surface area (Å²) in [4.78, 5) is 44.2. The number of carbonyl (C=O) groups is 3. The van der Waals surface area contributed by atoms with Crippen molar-refractivity contribution >= 4 is 35.1 Å². The Kier molecular flexibility index (Phi) is 10.2. The van der Waals surface area contributed by atoms with E-state index in [-0.39, 0.29) is 18.4 Å². The highest BCUT2D eigenvalue weighted by atomic mass is 35.5. The van der Waals surface area contributed by atoms with E-state index in [1.54, 1.807) is 68.1 Å². The first-order valence-corrected chi connectivity index (χ1v) is 12.9. The van der Waals surface area contributed by atoms with Gasteiger partial charge in [0.2, 0.25) is 0 Å². The van der Waals surface area contributed by atoms with Crippen LogP contribution in [0, 0.1) is 5.92 Å². The number of halogens is 1. The van der Waals surface area contributed by atoms with E-state index < -0.39 is 24.0 Å². The molecule has 2 unspecified atom stereocenters. The van der Waals surface area contributed by atoms with Crippen molar-refractivity contribution in [2.45, 2.75) is 46.3 Å². The van der Waals surface area contributed by atoms with Crippen LogP contribution in [-0.2, 0) is 9.53 Å². The highest BCUT2D eigenvalue weighted by molar-refractivity contribution is 6.30. The number of esters is 1. The molecule has 8 nitrogen and oxygen atoms in total. The van der Waals surface area contributed by atoms with Crippen molar-refractivity contribution in [3.63, 3.8) is 0 Å². The summed E-state index contributed by atoms with van der Waals surface area (Å²) in [5.74, 6) is -0.489. The van der Waals surface area contributed by atoms with Crippen molar-refractivity contribution in [3.05, 3.63) is 64.7 Å². The lowest BCUT2D eigenvalue weighted by molar-refractivity contribution is -0.151. The van der Waals surface area contributed by atoms with Crippen molar-refractivity contribution in [3.8, 4) is 5.75 Å². The SMILES string of the molecule is CCOc1ccc(C(=O)CNCCCN2C(=O)N=C(C)C(C(=O)OC(C)C)C2c2cccc(Cl)c2)cc1. The van der Waals surface area contributed by atoms with Crippen molar-refractivity contribution in [2.24, 2.45) is 10.9 Å². The van der Waals surface area contributed by atoms with Crippen molar-refractivity contribution in [1.82, 2.24) is 10.2 Å². The van der Waals surface area contributed by atoms with Gasteiger partial charge >= 0.3 is 12.0 Å². The second kappa shape index (κ2) is 13.4. The van der Waals surface area contributed by atoms with Crippen LogP contribution >= 0.6 is 11.6 Å². The lowest BCUT2D eigenvalue weighted by atomic mass is 9.86. The molecule has 1 aliphatic heterocycles. The minimum absolute atomic E-state index is 0.0365. The Bertz CT molecular complexity index is 1130. The smallest absolute Gasteiger partial charge is 0.344 e. The fourth-order valence-corrected chi connectivity index (χ4v) is 4.50. The quantitative estimate of drug-likeness (QED) is 0.234. The summed E-state index contributed by atoms with van der Waals surface area (Å²) in [6.45, 7) is 8.71. The van der Waals surface area contributed by atoms with E-state index in [0.717, 1.165) is 11.3 Å². The minimum atomic E-state index is -0.743. The van der Waals surface area contributed by atoms with Gasteiger partial charge in [-0.05, 0) is 82.6 Å². The van der Waals surface area contributed by atoms with Crippen LogP contribution in [-0.4, -0.2) is 60.7 Å². The molecular formula is C28H34ClN3O5. The summed E-state index contributed by atoms with van der Waals surface area (Å²) in [5, 5.41) is 3.65. The minimum Gasteiger partial charge on any atom is -0.494 e. The number of rotatable bonds is 12.